The molecule has 0 radical (unpaired) electrons. The summed E-state index contributed by atoms with van der Waals surface area (Å²) < 4.78 is 16.5. The van der Waals surface area contributed by atoms with E-state index in [-0.39, 0.29) is 28.6 Å². The number of hydrogen-bond acceptors (Lipinski definition) is 5. The summed E-state index contributed by atoms with van der Waals surface area (Å²) in [4.78, 5) is 12.6. The number of ether oxygens (including phenoxy) is 3. The second-order valence-corrected chi connectivity index (χ2v) is 5.61. The maximum atomic E-state index is 12.6. The molecule has 0 aromatic heterocycles. The van der Waals surface area contributed by atoms with Gasteiger partial charge >= 0.3 is 0 Å². The minimum absolute atomic E-state index is 0.0125. The molecule has 6 heteroatoms. The van der Waals surface area contributed by atoms with E-state index in [1.54, 1.807) is 6.08 Å². The molecule has 0 spiro atoms. The van der Waals surface area contributed by atoms with Crippen LogP contribution >= 0.6 is 15.9 Å². The van der Waals surface area contributed by atoms with E-state index in [0.29, 0.717) is 0 Å². The van der Waals surface area contributed by atoms with Crippen molar-refractivity contribution in [2.45, 2.75) is 0 Å². The molecule has 5 nitrogen and oxygen atoms in total. The topological polar surface area (TPSA) is 65.0 Å². The van der Waals surface area contributed by atoms with E-state index in [2.05, 4.69) is 15.9 Å². The molecule has 0 aliphatic heterocycles. The van der Waals surface area contributed by atoms with E-state index in [4.69, 9.17) is 14.2 Å². The third kappa shape index (κ3) is 3.54. The highest BCUT2D eigenvalue weighted by molar-refractivity contribution is 9.10. The van der Waals surface area contributed by atoms with E-state index in [9.17, 15) is 9.90 Å². The molecule has 2 rings (SSSR count). The molecule has 0 amide bonds. The van der Waals surface area contributed by atoms with Crippen LogP contribution in [0.1, 0.15) is 15.9 Å². The number of allylic oxidation sites excluding steroid dienone is 1. The molecule has 0 bridgehead atoms. The molecule has 2 aromatic carbocycles. The summed E-state index contributed by atoms with van der Waals surface area (Å²) in [5, 5.41) is 10.2. The van der Waals surface area contributed by atoms with Gasteiger partial charge in [0, 0.05) is 10.5 Å². The van der Waals surface area contributed by atoms with Crippen LogP contribution in [0, 0.1) is 0 Å². The number of aromatic hydroxyl groups is 1. The van der Waals surface area contributed by atoms with Crippen molar-refractivity contribution >= 4 is 27.8 Å². The van der Waals surface area contributed by atoms with Crippen LogP contribution in [0.3, 0.4) is 0 Å². The lowest BCUT2D eigenvalue weighted by atomic mass is 10.1. The van der Waals surface area contributed by atoms with Gasteiger partial charge in [0.2, 0.25) is 5.75 Å². The zero-order valence-corrected chi connectivity index (χ0v) is 15.1. The van der Waals surface area contributed by atoms with Gasteiger partial charge < -0.3 is 19.3 Å². The molecule has 0 saturated heterocycles. The Morgan fingerprint density at radius 1 is 1.08 bits per heavy atom. The highest BCUT2D eigenvalue weighted by Crippen LogP contribution is 2.44. The number of halogens is 1. The van der Waals surface area contributed by atoms with Crippen LogP contribution in [0.15, 0.2) is 40.9 Å². The van der Waals surface area contributed by atoms with E-state index < -0.39 is 5.78 Å². The molecule has 0 atom stereocenters. The predicted octanol–water partition coefficient (Wildman–Crippen LogP) is 4.08. The zero-order valence-electron chi connectivity index (χ0n) is 13.5. The summed E-state index contributed by atoms with van der Waals surface area (Å²) >= 11 is 3.41. The van der Waals surface area contributed by atoms with Crippen molar-refractivity contribution in [3.8, 4) is 23.0 Å². The molecule has 1 N–H and O–H groups in total. The van der Waals surface area contributed by atoms with Crippen molar-refractivity contribution in [2.24, 2.45) is 0 Å². The molecular weight excluding hydrogens is 376 g/mol. The van der Waals surface area contributed by atoms with Crippen molar-refractivity contribution in [1.29, 1.82) is 0 Å². The van der Waals surface area contributed by atoms with Crippen LogP contribution < -0.4 is 14.2 Å². The average molecular weight is 393 g/mol. The SMILES string of the molecule is COc1cc(O)c(C(=O)C=Cc2ccccc2Br)c(OC)c1OC. The van der Waals surface area contributed by atoms with E-state index in [1.165, 1.54) is 33.5 Å². The minimum Gasteiger partial charge on any atom is -0.507 e. The van der Waals surface area contributed by atoms with E-state index in [0.717, 1.165) is 10.0 Å². The molecule has 0 saturated carbocycles. The Morgan fingerprint density at radius 3 is 2.33 bits per heavy atom. The van der Waals surface area contributed by atoms with Gasteiger partial charge in [-0.1, -0.05) is 34.1 Å². The van der Waals surface area contributed by atoms with Crippen LogP contribution in [0.2, 0.25) is 0 Å². The van der Waals surface area contributed by atoms with Gasteiger partial charge in [0.25, 0.3) is 0 Å². The Kier molecular flexibility index (Phi) is 5.87. The largest absolute Gasteiger partial charge is 0.507 e. The quantitative estimate of drug-likeness (QED) is 0.592. The Morgan fingerprint density at radius 2 is 1.75 bits per heavy atom. The van der Waals surface area contributed by atoms with Crippen molar-refractivity contribution in [2.75, 3.05) is 21.3 Å². The summed E-state index contributed by atoms with van der Waals surface area (Å²) in [5.41, 5.74) is 0.850. The van der Waals surface area contributed by atoms with Crippen LogP contribution in [-0.2, 0) is 0 Å². The fourth-order valence-corrected chi connectivity index (χ4v) is 2.66. The standard InChI is InChI=1S/C18H17BrO5/c1-22-15-10-14(21)16(18(24-3)17(15)23-2)13(20)9-8-11-6-4-5-7-12(11)19/h4-10,21H,1-3H3. The number of phenols is 1. The van der Waals surface area contributed by atoms with Crippen molar-refractivity contribution in [1.82, 2.24) is 0 Å². The Bertz CT molecular complexity index is 783. The lowest BCUT2D eigenvalue weighted by molar-refractivity contribution is 0.104. The first kappa shape index (κ1) is 17.9. The maximum absolute atomic E-state index is 12.6. The fourth-order valence-electron chi connectivity index (χ4n) is 2.24. The summed E-state index contributed by atoms with van der Waals surface area (Å²) in [5.74, 6) is -0.0166. The number of carbonyl (C=O) groups excluding carboxylic acids is 1. The van der Waals surface area contributed by atoms with Gasteiger partial charge in [-0.3, -0.25) is 4.79 Å². The van der Waals surface area contributed by atoms with Crippen LogP contribution in [0.25, 0.3) is 6.08 Å². The number of ketones is 1. The highest BCUT2D eigenvalue weighted by Gasteiger charge is 2.24. The first-order valence-electron chi connectivity index (χ1n) is 7.02. The number of benzene rings is 2. The predicted molar refractivity (Wildman–Crippen MR) is 95.3 cm³/mol. The lowest BCUT2D eigenvalue weighted by Crippen LogP contribution is -2.03. The fraction of sp³-hybridized carbons (Fsp3) is 0.167. The molecular formula is C18H17BrO5. The summed E-state index contributed by atoms with van der Waals surface area (Å²) in [6.45, 7) is 0. The summed E-state index contributed by atoms with van der Waals surface area (Å²) in [7, 11) is 4.26. The van der Waals surface area contributed by atoms with Crippen LogP contribution in [-0.4, -0.2) is 32.2 Å². The zero-order chi connectivity index (χ0) is 17.7. The molecule has 2 aromatic rings. The Balaban J connectivity index is 2.48. The van der Waals surface area contributed by atoms with Crippen LogP contribution in [0.4, 0.5) is 0 Å². The normalized spacial score (nSPS) is 10.7. The van der Waals surface area contributed by atoms with Gasteiger partial charge in [-0.15, -0.1) is 0 Å². The second-order valence-electron chi connectivity index (χ2n) is 4.76. The number of methoxy groups -OCH3 is 3. The van der Waals surface area contributed by atoms with E-state index >= 15 is 0 Å². The first-order chi connectivity index (χ1) is 11.5. The van der Waals surface area contributed by atoms with Gasteiger partial charge in [-0.05, 0) is 23.8 Å². The van der Waals surface area contributed by atoms with Crippen molar-refractivity contribution in [3.63, 3.8) is 0 Å². The molecule has 126 valence electrons. The minimum atomic E-state index is -0.416. The van der Waals surface area contributed by atoms with Gasteiger partial charge in [0.15, 0.2) is 17.3 Å². The van der Waals surface area contributed by atoms with E-state index in [1.807, 2.05) is 24.3 Å². The maximum Gasteiger partial charge on any atom is 0.204 e. The Labute approximate surface area is 148 Å². The van der Waals surface area contributed by atoms with Gasteiger partial charge in [0.1, 0.15) is 11.3 Å². The lowest BCUT2D eigenvalue weighted by Gasteiger charge is -2.15. The average Bonchev–Trinajstić information content (AvgIpc) is 2.59. The number of carbonyl (C=O) groups is 1. The molecule has 0 fully saturated rings. The summed E-state index contributed by atoms with van der Waals surface area (Å²) in [6, 6.07) is 8.80. The molecule has 0 aliphatic carbocycles. The van der Waals surface area contributed by atoms with Gasteiger partial charge in [-0.25, -0.2) is 0 Å². The number of hydrogen-bond donors (Lipinski definition) is 1. The third-order valence-electron chi connectivity index (χ3n) is 3.38. The second kappa shape index (κ2) is 7.88. The van der Waals surface area contributed by atoms with Crippen molar-refractivity contribution < 1.29 is 24.1 Å². The van der Waals surface area contributed by atoms with Gasteiger partial charge in [0.05, 0.1) is 21.3 Å². The Hall–Kier alpha value is -2.47. The number of phenolic OH excluding ortho intramolecular Hbond substituents is 1. The highest BCUT2D eigenvalue weighted by atomic mass is 79.9. The molecule has 24 heavy (non-hydrogen) atoms. The third-order valence-corrected chi connectivity index (χ3v) is 4.10. The number of rotatable bonds is 6. The van der Waals surface area contributed by atoms with Crippen molar-refractivity contribution in [3.05, 3.63) is 52.0 Å². The van der Waals surface area contributed by atoms with Gasteiger partial charge in [-0.2, -0.15) is 0 Å². The molecule has 0 unspecified atom stereocenters. The molecule has 0 aliphatic rings. The monoisotopic (exact) mass is 392 g/mol. The first-order valence-corrected chi connectivity index (χ1v) is 7.81. The van der Waals surface area contributed by atoms with Crippen LogP contribution in [0.5, 0.6) is 23.0 Å². The smallest absolute Gasteiger partial charge is 0.204 e. The summed E-state index contributed by atoms with van der Waals surface area (Å²) in [6.07, 6.45) is 3.02. The molecule has 0 heterocycles.